The molecule has 0 saturated heterocycles. The maximum Gasteiger partial charge on any atom is 0.264 e. The number of hydrogen-bond donors (Lipinski definition) is 1. The van der Waals surface area contributed by atoms with Gasteiger partial charge in [0, 0.05) is 30.6 Å². The predicted octanol–water partition coefficient (Wildman–Crippen LogP) is 2.72. The van der Waals surface area contributed by atoms with E-state index >= 15 is 0 Å². The third-order valence-electron chi connectivity index (χ3n) is 5.17. The number of benzene rings is 1. The molecule has 0 bridgehead atoms. The van der Waals surface area contributed by atoms with Crippen LogP contribution in [0.1, 0.15) is 36.6 Å². The second-order valence-corrected chi connectivity index (χ2v) is 6.80. The second-order valence-electron chi connectivity index (χ2n) is 6.80. The molecular formula is C19H23N3O2. The van der Waals surface area contributed by atoms with Crippen molar-refractivity contribution in [3.8, 4) is 0 Å². The van der Waals surface area contributed by atoms with Gasteiger partial charge in [-0.3, -0.25) is 4.79 Å². The average Bonchev–Trinajstić information content (AvgIpc) is 3.14. The van der Waals surface area contributed by atoms with Gasteiger partial charge in [-0.2, -0.15) is 0 Å². The summed E-state index contributed by atoms with van der Waals surface area (Å²) >= 11 is 0. The zero-order valence-corrected chi connectivity index (χ0v) is 14.3. The van der Waals surface area contributed by atoms with E-state index in [1.165, 1.54) is 34.1 Å². The van der Waals surface area contributed by atoms with Crippen molar-refractivity contribution in [1.82, 2.24) is 9.88 Å². The number of carbonyl (C=O) groups excluding carboxylic acids is 1. The van der Waals surface area contributed by atoms with Crippen molar-refractivity contribution in [2.45, 2.75) is 52.2 Å². The van der Waals surface area contributed by atoms with Gasteiger partial charge in [-0.15, -0.1) is 0 Å². The Morgan fingerprint density at radius 1 is 1.42 bits per heavy atom. The number of nitrogens with zero attached hydrogens (tertiary/aromatic N) is 2. The highest BCUT2D eigenvalue weighted by Crippen LogP contribution is 2.32. The van der Waals surface area contributed by atoms with Crippen molar-refractivity contribution in [2.75, 3.05) is 6.54 Å². The minimum atomic E-state index is -0.457. The van der Waals surface area contributed by atoms with Gasteiger partial charge >= 0.3 is 0 Å². The normalized spacial score (nSPS) is 19.2. The van der Waals surface area contributed by atoms with E-state index in [0.717, 1.165) is 25.1 Å². The molecule has 0 aliphatic carbocycles. The Morgan fingerprint density at radius 2 is 2.29 bits per heavy atom. The lowest BCUT2D eigenvalue weighted by Gasteiger charge is -2.16. The predicted molar refractivity (Wildman–Crippen MR) is 94.3 cm³/mol. The van der Waals surface area contributed by atoms with Crippen molar-refractivity contribution in [2.24, 2.45) is 5.16 Å². The maximum absolute atomic E-state index is 12.1. The number of para-hydroxylation sites is 1. The molecule has 1 amide bonds. The van der Waals surface area contributed by atoms with Crippen LogP contribution in [0, 0.1) is 6.92 Å². The molecule has 0 spiro atoms. The van der Waals surface area contributed by atoms with E-state index in [1.807, 2.05) is 6.92 Å². The van der Waals surface area contributed by atoms with Gasteiger partial charge in [-0.1, -0.05) is 23.4 Å². The smallest absolute Gasteiger partial charge is 0.264 e. The number of aromatic nitrogens is 1. The van der Waals surface area contributed by atoms with Gasteiger partial charge in [0.1, 0.15) is 0 Å². The first-order valence-corrected chi connectivity index (χ1v) is 8.71. The summed E-state index contributed by atoms with van der Waals surface area (Å²) in [6.45, 7) is 5.80. The third kappa shape index (κ3) is 2.48. The standard InChI is InChI=1S/C19H23N3O2/c1-12-11-17(24-21-12)19(23)20-9-8-15-13(2)22-10-4-6-14-5-3-7-16(15)18(14)22/h3,5,7,17H,4,6,8-11H2,1-2H3,(H,20,23). The molecule has 24 heavy (non-hydrogen) atoms. The SMILES string of the molecule is CC1=NOC(C(=O)NCCc2c(C)n3c4c(cccc24)CCC3)C1. The molecule has 2 aliphatic rings. The summed E-state index contributed by atoms with van der Waals surface area (Å²) < 4.78 is 2.45. The highest BCUT2D eigenvalue weighted by atomic mass is 16.6. The van der Waals surface area contributed by atoms with E-state index in [4.69, 9.17) is 4.84 Å². The van der Waals surface area contributed by atoms with Gasteiger partial charge in [0.05, 0.1) is 11.2 Å². The second kappa shape index (κ2) is 5.96. The largest absolute Gasteiger partial charge is 0.382 e. The fraction of sp³-hybridized carbons (Fsp3) is 0.474. The van der Waals surface area contributed by atoms with Gasteiger partial charge in [0.25, 0.3) is 5.91 Å². The van der Waals surface area contributed by atoms with E-state index in [2.05, 4.69) is 40.2 Å². The maximum atomic E-state index is 12.1. The van der Waals surface area contributed by atoms with Crippen LogP contribution in [-0.4, -0.2) is 28.8 Å². The lowest BCUT2D eigenvalue weighted by Crippen LogP contribution is -2.35. The van der Waals surface area contributed by atoms with Crippen LogP contribution in [0.5, 0.6) is 0 Å². The average molecular weight is 325 g/mol. The van der Waals surface area contributed by atoms with E-state index in [0.29, 0.717) is 13.0 Å². The molecule has 4 rings (SSSR count). The van der Waals surface area contributed by atoms with E-state index in [1.54, 1.807) is 0 Å². The first-order valence-electron chi connectivity index (χ1n) is 8.71. The first kappa shape index (κ1) is 15.2. The molecule has 1 aromatic heterocycles. The molecule has 0 radical (unpaired) electrons. The van der Waals surface area contributed by atoms with Gasteiger partial charge < -0.3 is 14.7 Å². The van der Waals surface area contributed by atoms with Crippen molar-refractivity contribution in [3.63, 3.8) is 0 Å². The molecule has 3 heterocycles. The van der Waals surface area contributed by atoms with Crippen LogP contribution in [0.15, 0.2) is 23.4 Å². The van der Waals surface area contributed by atoms with Crippen molar-refractivity contribution < 1.29 is 9.63 Å². The summed E-state index contributed by atoms with van der Waals surface area (Å²) in [6.07, 6.45) is 3.34. The molecule has 1 aromatic carbocycles. The van der Waals surface area contributed by atoms with Crippen molar-refractivity contribution in [1.29, 1.82) is 0 Å². The number of aryl methyl sites for hydroxylation is 2. The Bertz CT molecular complexity index is 835. The van der Waals surface area contributed by atoms with Crippen LogP contribution in [0.25, 0.3) is 10.9 Å². The molecule has 0 fully saturated rings. The highest BCUT2D eigenvalue weighted by molar-refractivity contribution is 5.91. The van der Waals surface area contributed by atoms with Crippen molar-refractivity contribution >= 4 is 22.5 Å². The number of oxime groups is 1. The third-order valence-corrected chi connectivity index (χ3v) is 5.17. The fourth-order valence-corrected chi connectivity index (χ4v) is 3.97. The number of carbonyl (C=O) groups is 1. The lowest BCUT2D eigenvalue weighted by molar-refractivity contribution is -0.131. The molecule has 126 valence electrons. The van der Waals surface area contributed by atoms with Crippen LogP contribution in [0.2, 0.25) is 0 Å². The number of nitrogens with one attached hydrogen (secondary N) is 1. The quantitative estimate of drug-likeness (QED) is 0.940. The zero-order chi connectivity index (χ0) is 16.7. The summed E-state index contributed by atoms with van der Waals surface area (Å²) in [5, 5.41) is 8.18. The van der Waals surface area contributed by atoms with Crippen LogP contribution in [-0.2, 0) is 29.0 Å². The molecule has 0 saturated carbocycles. The molecule has 5 nitrogen and oxygen atoms in total. The Kier molecular flexibility index (Phi) is 3.79. The number of hydrogen-bond acceptors (Lipinski definition) is 3. The summed E-state index contributed by atoms with van der Waals surface area (Å²) in [7, 11) is 0. The van der Waals surface area contributed by atoms with Gasteiger partial charge in [0.15, 0.2) is 0 Å². The van der Waals surface area contributed by atoms with E-state index in [9.17, 15) is 4.79 Å². The van der Waals surface area contributed by atoms with Gasteiger partial charge in [-0.25, -0.2) is 0 Å². The zero-order valence-electron chi connectivity index (χ0n) is 14.3. The van der Waals surface area contributed by atoms with Crippen LogP contribution in [0.4, 0.5) is 0 Å². The molecule has 2 aliphatic heterocycles. The van der Waals surface area contributed by atoms with Crippen molar-refractivity contribution in [3.05, 3.63) is 35.0 Å². The molecular weight excluding hydrogens is 302 g/mol. The summed E-state index contributed by atoms with van der Waals surface area (Å²) in [5.74, 6) is -0.0676. The topological polar surface area (TPSA) is 55.6 Å². The number of rotatable bonds is 4. The highest BCUT2D eigenvalue weighted by Gasteiger charge is 2.26. The van der Waals surface area contributed by atoms with Crippen LogP contribution in [0.3, 0.4) is 0 Å². The Labute approximate surface area is 141 Å². The van der Waals surface area contributed by atoms with E-state index < -0.39 is 6.10 Å². The molecule has 1 N–H and O–H groups in total. The first-order chi connectivity index (χ1) is 11.6. The Balaban J connectivity index is 1.49. The minimum Gasteiger partial charge on any atom is -0.382 e. The molecule has 1 unspecified atom stereocenters. The summed E-state index contributed by atoms with van der Waals surface area (Å²) in [5.41, 5.74) is 6.41. The molecule has 2 aromatic rings. The molecule has 5 heteroatoms. The molecule has 1 atom stereocenters. The Hall–Kier alpha value is -2.30. The van der Waals surface area contributed by atoms with Gasteiger partial charge in [0.2, 0.25) is 6.10 Å². The lowest BCUT2D eigenvalue weighted by atomic mass is 10.0. The number of amides is 1. The van der Waals surface area contributed by atoms with E-state index in [-0.39, 0.29) is 5.91 Å². The summed E-state index contributed by atoms with van der Waals surface area (Å²) in [4.78, 5) is 17.3. The summed E-state index contributed by atoms with van der Waals surface area (Å²) in [6, 6.07) is 6.60. The van der Waals surface area contributed by atoms with Crippen LogP contribution < -0.4 is 5.32 Å². The Morgan fingerprint density at radius 3 is 3.08 bits per heavy atom. The fourth-order valence-electron chi connectivity index (χ4n) is 3.97. The van der Waals surface area contributed by atoms with Crippen LogP contribution >= 0.6 is 0 Å². The minimum absolute atomic E-state index is 0.0676. The van der Waals surface area contributed by atoms with Gasteiger partial charge in [-0.05, 0) is 44.2 Å². The monoisotopic (exact) mass is 325 g/mol.